The lowest BCUT2D eigenvalue weighted by atomic mass is 10.0. The Morgan fingerprint density at radius 1 is 1.38 bits per heavy atom. The van der Waals surface area contributed by atoms with E-state index in [1.807, 2.05) is 18.2 Å². The van der Waals surface area contributed by atoms with Crippen LogP contribution in [0, 0.1) is 0 Å². The molecular formula is C11H12O2. The minimum absolute atomic E-state index is 0.564. The first-order chi connectivity index (χ1) is 6.31. The van der Waals surface area contributed by atoms with Crippen molar-refractivity contribution in [1.82, 2.24) is 0 Å². The fourth-order valence-electron chi connectivity index (χ4n) is 1.51. The molecule has 0 aliphatic carbocycles. The predicted molar refractivity (Wildman–Crippen MR) is 50.1 cm³/mol. The third-order valence-electron chi connectivity index (χ3n) is 2.31. The number of hydrogen-bond donors (Lipinski definition) is 1. The fourth-order valence-corrected chi connectivity index (χ4v) is 1.51. The van der Waals surface area contributed by atoms with Gasteiger partial charge in [-0.2, -0.15) is 0 Å². The highest BCUT2D eigenvalue weighted by Crippen LogP contribution is 2.24. The van der Waals surface area contributed by atoms with Crippen molar-refractivity contribution < 1.29 is 9.84 Å². The Hall–Kier alpha value is -1.12. The maximum absolute atomic E-state index is 9.50. The van der Waals surface area contributed by atoms with Crippen LogP contribution in [0.15, 0.2) is 30.9 Å². The fraction of sp³-hybridized carbons (Fsp3) is 0.273. The summed E-state index contributed by atoms with van der Waals surface area (Å²) < 4.78 is 5.28. The Balaban J connectivity index is 2.35. The number of aliphatic hydroxyl groups is 1. The Kier molecular flexibility index (Phi) is 2.17. The van der Waals surface area contributed by atoms with E-state index in [9.17, 15) is 5.11 Å². The van der Waals surface area contributed by atoms with Crippen molar-refractivity contribution in [3.05, 3.63) is 47.5 Å². The second kappa shape index (κ2) is 3.32. The van der Waals surface area contributed by atoms with Gasteiger partial charge in [-0.25, -0.2) is 0 Å². The molecular weight excluding hydrogens is 164 g/mol. The van der Waals surface area contributed by atoms with E-state index >= 15 is 0 Å². The molecule has 1 aliphatic heterocycles. The van der Waals surface area contributed by atoms with Crippen LogP contribution in [0.2, 0.25) is 0 Å². The molecule has 0 aromatic heterocycles. The van der Waals surface area contributed by atoms with E-state index in [1.54, 1.807) is 0 Å². The molecule has 0 amide bonds. The van der Waals surface area contributed by atoms with Gasteiger partial charge < -0.3 is 9.84 Å². The summed E-state index contributed by atoms with van der Waals surface area (Å²) in [7, 11) is 0. The van der Waals surface area contributed by atoms with Gasteiger partial charge in [0.1, 0.15) is 0 Å². The summed E-state index contributed by atoms with van der Waals surface area (Å²) in [6, 6.07) is 5.90. The summed E-state index contributed by atoms with van der Waals surface area (Å²) in [5.41, 5.74) is 3.29. The Labute approximate surface area is 77.5 Å². The van der Waals surface area contributed by atoms with Gasteiger partial charge in [0, 0.05) is 0 Å². The second-order valence-corrected chi connectivity index (χ2v) is 3.20. The zero-order valence-corrected chi connectivity index (χ0v) is 7.36. The quantitative estimate of drug-likeness (QED) is 0.698. The number of aliphatic hydroxyl groups excluding tert-OH is 1. The van der Waals surface area contributed by atoms with Crippen molar-refractivity contribution in [2.45, 2.75) is 19.3 Å². The van der Waals surface area contributed by atoms with Crippen LogP contribution in [0.4, 0.5) is 0 Å². The molecule has 1 atom stereocenters. The molecule has 0 saturated heterocycles. The first kappa shape index (κ1) is 8.48. The highest BCUT2D eigenvalue weighted by molar-refractivity contribution is 5.35. The number of fused-ring (bicyclic) bond motifs is 1. The summed E-state index contributed by atoms with van der Waals surface area (Å²) >= 11 is 0. The molecule has 2 heteroatoms. The molecule has 1 unspecified atom stereocenters. The van der Waals surface area contributed by atoms with Gasteiger partial charge in [-0.1, -0.05) is 24.3 Å². The summed E-state index contributed by atoms with van der Waals surface area (Å²) in [4.78, 5) is 0. The Bertz CT molecular complexity index is 331. The van der Waals surface area contributed by atoms with E-state index in [1.165, 1.54) is 17.2 Å². The van der Waals surface area contributed by atoms with Gasteiger partial charge in [0.05, 0.1) is 19.3 Å². The molecule has 1 heterocycles. The number of rotatable bonds is 2. The van der Waals surface area contributed by atoms with E-state index in [4.69, 9.17) is 4.74 Å². The van der Waals surface area contributed by atoms with Crippen LogP contribution in [-0.2, 0) is 18.0 Å². The van der Waals surface area contributed by atoms with Gasteiger partial charge in [0.15, 0.2) is 0 Å². The normalized spacial score (nSPS) is 16.7. The topological polar surface area (TPSA) is 29.5 Å². The van der Waals surface area contributed by atoms with Crippen molar-refractivity contribution in [3.63, 3.8) is 0 Å². The average Bonchev–Trinajstić information content (AvgIpc) is 2.63. The SMILES string of the molecule is C=CC(O)c1ccc2c(c1)COC2. The number of benzene rings is 1. The molecule has 0 spiro atoms. The van der Waals surface area contributed by atoms with Crippen LogP contribution in [-0.4, -0.2) is 5.11 Å². The maximum Gasteiger partial charge on any atom is 0.0969 e. The molecule has 1 aromatic rings. The Morgan fingerprint density at radius 2 is 2.15 bits per heavy atom. The van der Waals surface area contributed by atoms with Crippen molar-refractivity contribution in [1.29, 1.82) is 0 Å². The summed E-state index contributed by atoms with van der Waals surface area (Å²) in [6.45, 7) is 4.90. The third-order valence-corrected chi connectivity index (χ3v) is 2.31. The maximum atomic E-state index is 9.50. The van der Waals surface area contributed by atoms with Gasteiger partial charge >= 0.3 is 0 Å². The van der Waals surface area contributed by atoms with Crippen molar-refractivity contribution in [3.8, 4) is 0 Å². The van der Waals surface area contributed by atoms with Crippen LogP contribution in [0.3, 0.4) is 0 Å². The van der Waals surface area contributed by atoms with Crippen LogP contribution in [0.25, 0.3) is 0 Å². The standard InChI is InChI=1S/C11H12O2/c1-2-11(12)8-3-4-9-6-13-7-10(9)5-8/h2-5,11-12H,1,6-7H2. The largest absolute Gasteiger partial charge is 0.384 e. The van der Waals surface area contributed by atoms with Crippen molar-refractivity contribution in [2.75, 3.05) is 0 Å². The van der Waals surface area contributed by atoms with E-state index in [0.29, 0.717) is 13.2 Å². The molecule has 0 radical (unpaired) electrons. The summed E-state index contributed by atoms with van der Waals surface area (Å²) in [5.74, 6) is 0. The van der Waals surface area contributed by atoms with Crippen LogP contribution < -0.4 is 0 Å². The molecule has 2 rings (SSSR count). The molecule has 0 fully saturated rings. The monoisotopic (exact) mass is 176 g/mol. The van der Waals surface area contributed by atoms with E-state index in [2.05, 4.69) is 6.58 Å². The van der Waals surface area contributed by atoms with E-state index < -0.39 is 6.10 Å². The smallest absolute Gasteiger partial charge is 0.0969 e. The molecule has 1 aromatic carbocycles. The summed E-state index contributed by atoms with van der Waals surface area (Å²) in [6.07, 6.45) is 0.961. The number of ether oxygens (including phenoxy) is 1. The van der Waals surface area contributed by atoms with Gasteiger partial charge in [-0.3, -0.25) is 0 Å². The third kappa shape index (κ3) is 1.50. The first-order valence-electron chi connectivity index (χ1n) is 4.31. The van der Waals surface area contributed by atoms with Crippen LogP contribution in [0.5, 0.6) is 0 Å². The van der Waals surface area contributed by atoms with Crippen molar-refractivity contribution in [2.24, 2.45) is 0 Å². The van der Waals surface area contributed by atoms with E-state index in [0.717, 1.165) is 5.56 Å². The van der Waals surface area contributed by atoms with Crippen molar-refractivity contribution >= 4 is 0 Å². The van der Waals surface area contributed by atoms with Gasteiger partial charge in [-0.05, 0) is 16.7 Å². The zero-order valence-electron chi connectivity index (χ0n) is 7.36. The van der Waals surface area contributed by atoms with Crippen LogP contribution in [0.1, 0.15) is 22.8 Å². The molecule has 1 N–H and O–H groups in total. The minimum Gasteiger partial charge on any atom is -0.384 e. The first-order valence-corrected chi connectivity index (χ1v) is 4.31. The van der Waals surface area contributed by atoms with Gasteiger partial charge in [0.2, 0.25) is 0 Å². The lowest BCUT2D eigenvalue weighted by molar-refractivity contribution is 0.134. The van der Waals surface area contributed by atoms with E-state index in [-0.39, 0.29) is 0 Å². The lowest BCUT2D eigenvalue weighted by Gasteiger charge is -2.06. The molecule has 0 bridgehead atoms. The predicted octanol–water partition coefficient (Wildman–Crippen LogP) is 1.94. The zero-order chi connectivity index (χ0) is 9.26. The summed E-state index contributed by atoms with van der Waals surface area (Å²) in [5, 5.41) is 9.50. The molecule has 1 aliphatic rings. The molecule has 0 saturated carbocycles. The van der Waals surface area contributed by atoms with Gasteiger partial charge in [0.25, 0.3) is 0 Å². The molecule has 68 valence electrons. The lowest BCUT2D eigenvalue weighted by Crippen LogP contribution is -1.94. The molecule has 2 nitrogen and oxygen atoms in total. The second-order valence-electron chi connectivity index (χ2n) is 3.20. The number of hydrogen-bond acceptors (Lipinski definition) is 2. The highest BCUT2D eigenvalue weighted by atomic mass is 16.5. The van der Waals surface area contributed by atoms with Gasteiger partial charge in [-0.15, -0.1) is 6.58 Å². The molecule has 13 heavy (non-hydrogen) atoms. The minimum atomic E-state index is -0.564. The average molecular weight is 176 g/mol. The Morgan fingerprint density at radius 3 is 2.92 bits per heavy atom. The van der Waals surface area contributed by atoms with Crippen LogP contribution >= 0.6 is 0 Å². The highest BCUT2D eigenvalue weighted by Gasteiger charge is 2.12.